The Hall–Kier alpha value is -2.80. The molecule has 0 saturated carbocycles. The lowest BCUT2D eigenvalue weighted by Gasteiger charge is -2.19. The molecule has 8 heteroatoms. The van der Waals surface area contributed by atoms with E-state index in [9.17, 15) is 4.39 Å². The minimum atomic E-state index is -0.525. The molecule has 0 fully saturated rings. The average molecular weight is 375 g/mol. The summed E-state index contributed by atoms with van der Waals surface area (Å²) in [6.45, 7) is 6.39. The van der Waals surface area contributed by atoms with Gasteiger partial charge in [-0.2, -0.15) is 10.1 Å². The zero-order valence-corrected chi connectivity index (χ0v) is 14.8. The van der Waals surface area contributed by atoms with Crippen LogP contribution < -0.4 is 14.8 Å². The Morgan fingerprint density at radius 3 is 3.04 bits per heavy atom. The van der Waals surface area contributed by atoms with E-state index >= 15 is 0 Å². The zero-order valence-electron chi connectivity index (χ0n) is 14.0. The summed E-state index contributed by atoms with van der Waals surface area (Å²) in [6.07, 6.45) is 3.43. The van der Waals surface area contributed by atoms with Crippen LogP contribution in [0.4, 0.5) is 4.39 Å². The van der Waals surface area contributed by atoms with Crippen molar-refractivity contribution in [2.75, 3.05) is 6.61 Å². The van der Waals surface area contributed by atoms with Crippen LogP contribution in [0.2, 0.25) is 5.02 Å². The SMILES string of the molecule is C=C1NC(C)COc2ccc(F)c(Cl)c2COc2ccn3ncc1c3n2. The Morgan fingerprint density at radius 1 is 1.35 bits per heavy atom. The fourth-order valence-corrected chi connectivity index (χ4v) is 2.98. The highest BCUT2D eigenvalue weighted by Crippen LogP contribution is 2.31. The summed E-state index contributed by atoms with van der Waals surface area (Å²) in [5, 5.41) is 7.52. The summed E-state index contributed by atoms with van der Waals surface area (Å²) in [7, 11) is 0. The van der Waals surface area contributed by atoms with Crippen molar-refractivity contribution in [2.24, 2.45) is 0 Å². The van der Waals surface area contributed by atoms with Crippen LogP contribution in [-0.4, -0.2) is 27.2 Å². The first-order chi connectivity index (χ1) is 12.5. The molecule has 0 spiro atoms. The topological polar surface area (TPSA) is 60.7 Å². The fourth-order valence-electron chi connectivity index (χ4n) is 2.77. The van der Waals surface area contributed by atoms with Crippen molar-refractivity contribution in [3.8, 4) is 11.6 Å². The maximum Gasteiger partial charge on any atom is 0.217 e. The monoisotopic (exact) mass is 374 g/mol. The third kappa shape index (κ3) is 2.94. The quantitative estimate of drug-likeness (QED) is 0.653. The predicted molar refractivity (Wildman–Crippen MR) is 95.9 cm³/mol. The van der Waals surface area contributed by atoms with Gasteiger partial charge in [0.15, 0.2) is 5.65 Å². The van der Waals surface area contributed by atoms with Gasteiger partial charge in [-0.1, -0.05) is 18.2 Å². The molecule has 1 atom stereocenters. The van der Waals surface area contributed by atoms with Crippen molar-refractivity contribution in [1.82, 2.24) is 19.9 Å². The Morgan fingerprint density at radius 2 is 2.19 bits per heavy atom. The van der Waals surface area contributed by atoms with E-state index in [2.05, 4.69) is 22.0 Å². The molecule has 134 valence electrons. The van der Waals surface area contributed by atoms with Crippen molar-refractivity contribution >= 4 is 22.9 Å². The van der Waals surface area contributed by atoms with Gasteiger partial charge in [0.1, 0.15) is 24.8 Å². The minimum Gasteiger partial charge on any atom is -0.491 e. The second kappa shape index (κ2) is 6.49. The van der Waals surface area contributed by atoms with Gasteiger partial charge in [-0.15, -0.1) is 0 Å². The van der Waals surface area contributed by atoms with Gasteiger partial charge in [0, 0.05) is 18.0 Å². The smallest absolute Gasteiger partial charge is 0.217 e. The van der Waals surface area contributed by atoms with Gasteiger partial charge < -0.3 is 14.8 Å². The number of hydrogen-bond donors (Lipinski definition) is 1. The maximum absolute atomic E-state index is 13.9. The molecule has 1 aliphatic rings. The van der Waals surface area contributed by atoms with E-state index < -0.39 is 5.82 Å². The van der Waals surface area contributed by atoms with Crippen molar-refractivity contribution in [3.05, 3.63) is 59.1 Å². The first kappa shape index (κ1) is 16.7. The van der Waals surface area contributed by atoms with Gasteiger partial charge in [0.25, 0.3) is 0 Å². The highest BCUT2D eigenvalue weighted by Gasteiger charge is 2.18. The molecule has 1 unspecified atom stereocenters. The molecule has 3 aromatic rings. The van der Waals surface area contributed by atoms with Crippen LogP contribution in [0, 0.1) is 5.82 Å². The first-order valence-electron chi connectivity index (χ1n) is 8.05. The highest BCUT2D eigenvalue weighted by atomic mass is 35.5. The van der Waals surface area contributed by atoms with E-state index in [1.165, 1.54) is 6.07 Å². The molecule has 6 nitrogen and oxygen atoms in total. The van der Waals surface area contributed by atoms with Crippen molar-refractivity contribution in [3.63, 3.8) is 0 Å². The van der Waals surface area contributed by atoms with E-state index in [1.807, 2.05) is 6.92 Å². The molecule has 2 bridgehead atoms. The number of nitrogens with one attached hydrogen (secondary N) is 1. The maximum atomic E-state index is 13.9. The summed E-state index contributed by atoms with van der Waals surface area (Å²) in [5.41, 5.74) is 2.49. The second-order valence-electron chi connectivity index (χ2n) is 6.05. The lowest BCUT2D eigenvalue weighted by atomic mass is 10.2. The minimum absolute atomic E-state index is 0.0199. The first-order valence-corrected chi connectivity index (χ1v) is 8.43. The molecule has 1 aliphatic heterocycles. The Labute approximate surface area is 154 Å². The number of aromatic nitrogens is 3. The van der Waals surface area contributed by atoms with E-state index in [-0.39, 0.29) is 17.7 Å². The van der Waals surface area contributed by atoms with Gasteiger partial charge in [-0.05, 0) is 19.1 Å². The summed E-state index contributed by atoms with van der Waals surface area (Å²) >= 11 is 6.13. The predicted octanol–water partition coefficient (Wildman–Crippen LogP) is 3.44. The summed E-state index contributed by atoms with van der Waals surface area (Å²) < 4.78 is 27.1. The van der Waals surface area contributed by atoms with E-state index in [0.717, 1.165) is 5.56 Å². The molecule has 4 rings (SSSR count). The average Bonchev–Trinajstić information content (AvgIpc) is 3.04. The number of halogens is 2. The molecule has 0 saturated heterocycles. The Kier molecular flexibility index (Phi) is 4.16. The number of benzene rings is 1. The molecule has 0 aliphatic carbocycles. The van der Waals surface area contributed by atoms with Crippen LogP contribution in [-0.2, 0) is 6.61 Å². The lowest BCUT2D eigenvalue weighted by Crippen LogP contribution is -2.30. The Balaban J connectivity index is 1.80. The van der Waals surface area contributed by atoms with Crippen LogP contribution in [0.3, 0.4) is 0 Å². The summed E-state index contributed by atoms with van der Waals surface area (Å²) in [4.78, 5) is 4.48. The van der Waals surface area contributed by atoms with Gasteiger partial charge in [0.05, 0.1) is 28.4 Å². The van der Waals surface area contributed by atoms with Crippen molar-refractivity contribution < 1.29 is 13.9 Å². The normalized spacial score (nSPS) is 17.3. The molecular formula is C18H16ClFN4O2. The third-order valence-corrected chi connectivity index (χ3v) is 4.50. The van der Waals surface area contributed by atoms with Gasteiger partial charge in [0.2, 0.25) is 5.88 Å². The van der Waals surface area contributed by atoms with E-state index in [1.54, 1.807) is 29.0 Å². The third-order valence-electron chi connectivity index (χ3n) is 4.10. The van der Waals surface area contributed by atoms with Crippen LogP contribution >= 0.6 is 11.6 Å². The van der Waals surface area contributed by atoms with Crippen molar-refractivity contribution in [1.29, 1.82) is 0 Å². The van der Waals surface area contributed by atoms with Gasteiger partial charge >= 0.3 is 0 Å². The molecule has 0 amide bonds. The lowest BCUT2D eigenvalue weighted by molar-refractivity contribution is 0.259. The number of rotatable bonds is 0. The molecule has 3 heterocycles. The number of fused-ring (bicyclic) bond motifs is 2. The molecule has 1 N–H and O–H groups in total. The summed E-state index contributed by atoms with van der Waals surface area (Å²) in [5.74, 6) is 0.313. The molecule has 0 radical (unpaired) electrons. The van der Waals surface area contributed by atoms with E-state index in [0.29, 0.717) is 35.1 Å². The second-order valence-corrected chi connectivity index (χ2v) is 6.43. The standard InChI is InChI=1S/C18H16ClFN4O2/c1-10-8-25-15-4-3-14(20)17(19)13(15)9-26-16-5-6-24-18(23-16)12(7-21-24)11(2)22-10/h3-7,10,22H,2,8-9H2,1H3. The van der Waals surface area contributed by atoms with E-state index in [4.69, 9.17) is 21.1 Å². The molecule has 1 aromatic carbocycles. The largest absolute Gasteiger partial charge is 0.491 e. The van der Waals surface area contributed by atoms with Gasteiger partial charge in [-0.3, -0.25) is 0 Å². The number of ether oxygens (including phenoxy) is 2. The zero-order chi connectivity index (χ0) is 18.3. The number of hydrogen-bond acceptors (Lipinski definition) is 5. The molecule has 26 heavy (non-hydrogen) atoms. The number of nitrogens with zero attached hydrogens (tertiary/aromatic N) is 3. The van der Waals surface area contributed by atoms with Crippen LogP contribution in [0.25, 0.3) is 11.3 Å². The molecule has 2 aromatic heterocycles. The molecular weight excluding hydrogens is 359 g/mol. The highest BCUT2D eigenvalue weighted by molar-refractivity contribution is 6.31. The Bertz CT molecular complexity index is 1000. The van der Waals surface area contributed by atoms with Crippen molar-refractivity contribution in [2.45, 2.75) is 19.6 Å². The van der Waals surface area contributed by atoms with Crippen LogP contribution in [0.5, 0.6) is 11.6 Å². The summed E-state index contributed by atoms with van der Waals surface area (Å²) in [6, 6.07) is 4.44. The fraction of sp³-hybridized carbons (Fsp3) is 0.222. The van der Waals surface area contributed by atoms with Gasteiger partial charge in [-0.25, -0.2) is 8.91 Å². The van der Waals surface area contributed by atoms with Crippen LogP contribution in [0.15, 0.2) is 37.2 Å². The van der Waals surface area contributed by atoms with Crippen LogP contribution in [0.1, 0.15) is 18.1 Å².